The molecule has 0 aliphatic carbocycles. The second kappa shape index (κ2) is 3.94. The van der Waals surface area contributed by atoms with Crippen LogP contribution in [0.1, 0.15) is 19.8 Å². The van der Waals surface area contributed by atoms with Gasteiger partial charge in [-0.1, -0.05) is 0 Å². The molecule has 1 heterocycles. The Morgan fingerprint density at radius 2 is 2.08 bits per heavy atom. The normalized spacial score (nSPS) is 24.2. The van der Waals surface area contributed by atoms with Gasteiger partial charge in [0, 0.05) is 0 Å². The van der Waals surface area contributed by atoms with E-state index in [0.717, 1.165) is 33.1 Å². The van der Waals surface area contributed by atoms with E-state index < -0.39 is 0 Å². The summed E-state index contributed by atoms with van der Waals surface area (Å²) >= 11 is 0. The molecule has 0 amide bonds. The van der Waals surface area contributed by atoms with Gasteiger partial charge < -0.3 is 0 Å². The van der Waals surface area contributed by atoms with E-state index in [1.807, 2.05) is 0 Å². The molecule has 1 aliphatic rings. The average molecular weight is 166 g/mol. The molecule has 0 radical (unpaired) electrons. The van der Waals surface area contributed by atoms with Crippen molar-refractivity contribution in [2.75, 3.05) is 20.1 Å². The summed E-state index contributed by atoms with van der Waals surface area (Å²) < 4.78 is 10.1. The average Bonchev–Trinajstić information content (AvgIpc) is 2.08. The van der Waals surface area contributed by atoms with Crippen molar-refractivity contribution in [2.24, 2.45) is 4.99 Å². The molecule has 4 heteroatoms. The maximum atomic E-state index is 10.1. The third kappa shape index (κ3) is 2.52. The van der Waals surface area contributed by atoms with Gasteiger partial charge in [0.2, 0.25) is 0 Å². The molecular formula is C8H15BN2O. The summed E-state index contributed by atoms with van der Waals surface area (Å²) in [4.78, 5) is 6.54. The standard InChI is InChI=1S/C8H15BN2O/c1-8(10-7-9-12)3-5-11(2)6-4-8/h7H,3-6H2,1-2H3/b10-7+. The van der Waals surface area contributed by atoms with E-state index in [2.05, 4.69) is 23.9 Å². The van der Waals surface area contributed by atoms with Crippen LogP contribution in [0.4, 0.5) is 0 Å². The van der Waals surface area contributed by atoms with Crippen molar-refractivity contribution in [3.63, 3.8) is 0 Å². The molecule has 3 nitrogen and oxygen atoms in total. The summed E-state index contributed by atoms with van der Waals surface area (Å²) in [5.74, 6) is 0. The van der Waals surface area contributed by atoms with E-state index in [-0.39, 0.29) is 5.54 Å². The van der Waals surface area contributed by atoms with Crippen LogP contribution >= 0.6 is 0 Å². The molecule has 0 N–H and O–H groups in total. The van der Waals surface area contributed by atoms with E-state index in [4.69, 9.17) is 0 Å². The molecule has 0 aromatic rings. The van der Waals surface area contributed by atoms with E-state index in [9.17, 15) is 4.70 Å². The fourth-order valence-electron chi connectivity index (χ4n) is 1.44. The van der Waals surface area contributed by atoms with Gasteiger partial charge in [-0.05, 0) is 0 Å². The van der Waals surface area contributed by atoms with Gasteiger partial charge in [0.15, 0.2) is 0 Å². The van der Waals surface area contributed by atoms with Crippen molar-refractivity contribution in [2.45, 2.75) is 25.3 Å². The molecule has 0 unspecified atom stereocenters. The SMILES string of the molecule is CN1CCC(C)(/N=C/B=O)CC1. The Bertz CT molecular complexity index is 185. The van der Waals surface area contributed by atoms with E-state index in [1.165, 1.54) is 6.11 Å². The molecule has 1 saturated heterocycles. The van der Waals surface area contributed by atoms with Gasteiger partial charge in [0.25, 0.3) is 0 Å². The molecule has 1 rings (SSSR count). The number of likely N-dealkylation sites (tertiary alicyclic amines) is 1. The summed E-state index contributed by atoms with van der Waals surface area (Å²) in [7, 11) is 2.87. The topological polar surface area (TPSA) is 32.7 Å². The number of rotatable bonds is 2. The first-order valence-corrected chi connectivity index (χ1v) is 4.34. The van der Waals surface area contributed by atoms with Crippen LogP contribution in [0.3, 0.4) is 0 Å². The minimum absolute atomic E-state index is 0.00736. The minimum atomic E-state index is 0.00736. The number of hydrogen-bond donors (Lipinski definition) is 0. The first kappa shape index (κ1) is 9.58. The van der Waals surface area contributed by atoms with Gasteiger partial charge in [-0.2, -0.15) is 0 Å². The van der Waals surface area contributed by atoms with Crippen molar-refractivity contribution < 1.29 is 4.70 Å². The van der Waals surface area contributed by atoms with Crippen molar-refractivity contribution in [1.82, 2.24) is 4.90 Å². The summed E-state index contributed by atoms with van der Waals surface area (Å²) in [6.07, 6.45) is 3.48. The van der Waals surface area contributed by atoms with Crippen LogP contribution in [-0.2, 0) is 4.70 Å². The molecule has 0 bridgehead atoms. The summed E-state index contributed by atoms with van der Waals surface area (Å²) in [6.45, 7) is 4.26. The second-order valence-electron chi connectivity index (χ2n) is 3.71. The van der Waals surface area contributed by atoms with E-state index in [1.54, 1.807) is 0 Å². The van der Waals surface area contributed by atoms with Crippen molar-refractivity contribution >= 4 is 13.3 Å². The van der Waals surface area contributed by atoms with Crippen LogP contribution in [0.5, 0.6) is 0 Å². The Morgan fingerprint density at radius 1 is 1.50 bits per heavy atom. The van der Waals surface area contributed by atoms with Gasteiger partial charge in [-0.25, -0.2) is 0 Å². The van der Waals surface area contributed by atoms with Crippen LogP contribution in [0, 0.1) is 0 Å². The zero-order valence-electron chi connectivity index (χ0n) is 7.79. The van der Waals surface area contributed by atoms with Gasteiger partial charge in [-0.15, -0.1) is 0 Å². The van der Waals surface area contributed by atoms with Crippen LogP contribution in [0.2, 0.25) is 0 Å². The number of hydrogen-bond acceptors (Lipinski definition) is 3. The zero-order valence-corrected chi connectivity index (χ0v) is 7.79. The predicted molar refractivity (Wildman–Crippen MR) is 50.1 cm³/mol. The number of aliphatic imine (C=N–C) groups is 1. The van der Waals surface area contributed by atoms with Crippen LogP contribution in [-0.4, -0.2) is 43.8 Å². The fourth-order valence-corrected chi connectivity index (χ4v) is 1.44. The first-order chi connectivity index (χ1) is 5.66. The Morgan fingerprint density at radius 3 is 2.58 bits per heavy atom. The molecule has 12 heavy (non-hydrogen) atoms. The Kier molecular flexibility index (Phi) is 3.15. The molecule has 0 spiro atoms. The molecule has 0 aromatic heterocycles. The summed E-state index contributed by atoms with van der Waals surface area (Å²) in [5.41, 5.74) is 0.00736. The summed E-state index contributed by atoms with van der Waals surface area (Å²) in [5, 5.41) is 0. The van der Waals surface area contributed by atoms with Crippen LogP contribution in [0.15, 0.2) is 4.99 Å². The van der Waals surface area contributed by atoms with E-state index in [0.29, 0.717) is 0 Å². The third-order valence-corrected chi connectivity index (χ3v) is 2.51. The van der Waals surface area contributed by atoms with Gasteiger partial charge >= 0.3 is 73.3 Å². The van der Waals surface area contributed by atoms with Crippen LogP contribution < -0.4 is 0 Å². The summed E-state index contributed by atoms with van der Waals surface area (Å²) in [6, 6.07) is 0. The molecular weight excluding hydrogens is 151 g/mol. The molecule has 0 aromatic carbocycles. The van der Waals surface area contributed by atoms with Gasteiger partial charge in [-0.3, -0.25) is 0 Å². The molecule has 0 atom stereocenters. The zero-order chi connectivity index (χ0) is 9.03. The Balaban J connectivity index is 2.49. The molecule has 0 saturated carbocycles. The predicted octanol–water partition coefficient (Wildman–Crippen LogP) is 0.549. The number of piperidine rings is 1. The monoisotopic (exact) mass is 166 g/mol. The first-order valence-electron chi connectivity index (χ1n) is 4.34. The van der Waals surface area contributed by atoms with Gasteiger partial charge in [0.1, 0.15) is 0 Å². The van der Waals surface area contributed by atoms with Crippen molar-refractivity contribution in [1.29, 1.82) is 0 Å². The number of nitrogens with zero attached hydrogens (tertiary/aromatic N) is 2. The molecule has 1 fully saturated rings. The van der Waals surface area contributed by atoms with Gasteiger partial charge in [0.05, 0.1) is 0 Å². The van der Waals surface area contributed by atoms with Crippen molar-refractivity contribution in [3.05, 3.63) is 0 Å². The Labute approximate surface area is 74.1 Å². The third-order valence-electron chi connectivity index (χ3n) is 2.51. The quantitative estimate of drug-likeness (QED) is 0.443. The maximum absolute atomic E-state index is 10.1. The Hall–Kier alpha value is -0.505. The second-order valence-corrected chi connectivity index (χ2v) is 3.71. The van der Waals surface area contributed by atoms with E-state index >= 15 is 0 Å². The van der Waals surface area contributed by atoms with Crippen molar-refractivity contribution in [3.8, 4) is 0 Å². The molecule has 1 aliphatic heterocycles. The fraction of sp³-hybridized carbons (Fsp3) is 0.875. The van der Waals surface area contributed by atoms with Crippen LogP contribution in [0.25, 0.3) is 0 Å². The molecule has 66 valence electrons.